The number of hydrogen-bond acceptors (Lipinski definition) is 6. The molecule has 7 heteroatoms. The highest BCUT2D eigenvalue weighted by molar-refractivity contribution is 6.24. The summed E-state index contributed by atoms with van der Waals surface area (Å²) in [5.41, 5.74) is 1.90. The number of aliphatic imine (C=N–C) groups is 2. The first-order valence-electron chi connectivity index (χ1n) is 8.53. The van der Waals surface area contributed by atoms with Crippen molar-refractivity contribution in [3.63, 3.8) is 0 Å². The maximum absolute atomic E-state index is 12.0. The fourth-order valence-electron chi connectivity index (χ4n) is 2.55. The third kappa shape index (κ3) is 4.62. The van der Waals surface area contributed by atoms with Gasteiger partial charge in [0.25, 0.3) is 5.91 Å². The lowest BCUT2D eigenvalue weighted by Crippen LogP contribution is -2.34. The molecule has 0 spiro atoms. The lowest BCUT2D eigenvalue weighted by atomic mass is 9.90. The third-order valence-electron chi connectivity index (χ3n) is 4.01. The van der Waals surface area contributed by atoms with E-state index in [1.807, 2.05) is 48.5 Å². The number of para-hydroxylation sites is 1. The van der Waals surface area contributed by atoms with Crippen molar-refractivity contribution in [1.29, 1.82) is 5.26 Å². The molecule has 0 saturated carbocycles. The average molecular weight is 371 g/mol. The monoisotopic (exact) mass is 371 g/mol. The Hall–Kier alpha value is -3.92. The van der Waals surface area contributed by atoms with Crippen molar-refractivity contribution in [3.05, 3.63) is 60.2 Å². The lowest BCUT2D eigenvalue weighted by Gasteiger charge is -2.18. The van der Waals surface area contributed by atoms with Gasteiger partial charge >= 0.3 is 0 Å². The molecule has 1 aliphatic rings. The van der Waals surface area contributed by atoms with Gasteiger partial charge in [0.05, 0.1) is 36.7 Å². The second-order valence-corrected chi connectivity index (χ2v) is 5.86. The van der Waals surface area contributed by atoms with Crippen LogP contribution in [-0.4, -0.2) is 37.4 Å². The first-order valence-corrected chi connectivity index (χ1v) is 8.53. The smallest absolute Gasteiger partial charge is 0.268 e. The molecule has 2 aromatic rings. The Morgan fingerprint density at radius 3 is 2.54 bits per heavy atom. The molecule has 0 aromatic heterocycles. The summed E-state index contributed by atoms with van der Waals surface area (Å²) in [6.45, 7) is 0. The van der Waals surface area contributed by atoms with E-state index in [1.54, 1.807) is 25.5 Å². The summed E-state index contributed by atoms with van der Waals surface area (Å²) in [5.74, 6) is -1.29. The van der Waals surface area contributed by atoms with Crippen LogP contribution in [0.4, 0.5) is 5.69 Å². The molecule has 0 fully saturated rings. The maximum atomic E-state index is 12.0. The summed E-state index contributed by atoms with van der Waals surface area (Å²) in [6.07, 6.45) is 4.54. The molecule has 2 unspecified atom stereocenters. The molecule has 28 heavy (non-hydrogen) atoms. The van der Waals surface area contributed by atoms with Crippen molar-refractivity contribution < 1.29 is 9.53 Å². The predicted octanol–water partition coefficient (Wildman–Crippen LogP) is 3.24. The van der Waals surface area contributed by atoms with E-state index in [4.69, 9.17) is 4.74 Å². The zero-order valence-corrected chi connectivity index (χ0v) is 15.1. The van der Waals surface area contributed by atoms with Crippen LogP contribution in [0.3, 0.4) is 0 Å². The number of carbonyl (C=O) groups excluding carboxylic acids is 1. The van der Waals surface area contributed by atoms with E-state index < -0.39 is 17.7 Å². The van der Waals surface area contributed by atoms with Gasteiger partial charge in [-0.25, -0.2) is 4.99 Å². The quantitative estimate of drug-likeness (QED) is 0.596. The third-order valence-corrected chi connectivity index (χ3v) is 4.01. The standard InChI is InChI=1S/C21H17N5O2/c1-28-18-9-7-15(8-10-18)12-24-25-14-16-13-23-21(27)19(11-22)20(16)26-17-5-3-2-4-6-17/h2-10,12-14,16,19H,1H3/b24-12+,25-14+,26-20?. The highest BCUT2D eigenvalue weighted by atomic mass is 16.5. The van der Waals surface area contributed by atoms with Crippen molar-refractivity contribution in [2.45, 2.75) is 0 Å². The van der Waals surface area contributed by atoms with Gasteiger partial charge in [0.2, 0.25) is 0 Å². The molecule has 1 heterocycles. The zero-order valence-electron chi connectivity index (χ0n) is 15.1. The molecule has 138 valence electrons. The minimum absolute atomic E-state index is 0.386. The number of ether oxygens (including phenoxy) is 1. The normalized spacial score (nSPS) is 20.7. The summed E-state index contributed by atoms with van der Waals surface area (Å²) >= 11 is 0. The van der Waals surface area contributed by atoms with Gasteiger partial charge in [-0.3, -0.25) is 9.79 Å². The van der Waals surface area contributed by atoms with E-state index in [-0.39, 0.29) is 0 Å². The van der Waals surface area contributed by atoms with E-state index in [0.717, 1.165) is 11.3 Å². The molecule has 0 saturated heterocycles. The summed E-state index contributed by atoms with van der Waals surface area (Å²) in [6, 6.07) is 18.5. The van der Waals surface area contributed by atoms with Crippen LogP contribution in [0, 0.1) is 23.2 Å². The van der Waals surface area contributed by atoms with Gasteiger partial charge < -0.3 is 4.74 Å². The van der Waals surface area contributed by atoms with Crippen LogP contribution >= 0.6 is 0 Å². The second-order valence-electron chi connectivity index (χ2n) is 5.86. The van der Waals surface area contributed by atoms with Crippen LogP contribution in [-0.2, 0) is 4.79 Å². The highest BCUT2D eigenvalue weighted by Gasteiger charge is 2.32. The zero-order chi connectivity index (χ0) is 19.8. The number of carbonyl (C=O) groups is 1. The first kappa shape index (κ1) is 18.9. The number of rotatable bonds is 5. The molecule has 0 N–H and O–H groups in total. The van der Waals surface area contributed by atoms with Gasteiger partial charge in [-0.1, -0.05) is 18.2 Å². The molecule has 7 nitrogen and oxygen atoms in total. The number of methoxy groups -OCH3 is 1. The summed E-state index contributed by atoms with van der Waals surface area (Å²) in [5, 5.41) is 17.4. The van der Waals surface area contributed by atoms with Gasteiger partial charge in [-0.05, 0) is 42.0 Å². The Balaban J connectivity index is 1.81. The minimum atomic E-state index is -1.03. The predicted molar refractivity (Wildman–Crippen MR) is 109 cm³/mol. The SMILES string of the molecule is COc1ccc(/C=N/N=C/C2C=NC(=O)C(C#N)C2=Nc2ccccc2)cc1. The number of benzene rings is 2. The first-order chi connectivity index (χ1) is 13.7. The van der Waals surface area contributed by atoms with Crippen LogP contribution < -0.4 is 4.74 Å². The Bertz CT molecular complexity index is 986. The van der Waals surface area contributed by atoms with Crippen LogP contribution in [0.1, 0.15) is 5.56 Å². The summed E-state index contributed by atoms with van der Waals surface area (Å²) in [7, 11) is 1.60. The van der Waals surface area contributed by atoms with Crippen LogP contribution in [0.5, 0.6) is 5.75 Å². The number of hydrogen-bond donors (Lipinski definition) is 0. The lowest BCUT2D eigenvalue weighted by molar-refractivity contribution is -0.118. The van der Waals surface area contributed by atoms with Crippen molar-refractivity contribution in [1.82, 2.24) is 0 Å². The van der Waals surface area contributed by atoms with E-state index in [9.17, 15) is 10.1 Å². The van der Waals surface area contributed by atoms with Crippen molar-refractivity contribution in [2.75, 3.05) is 7.11 Å². The Labute approximate surface area is 162 Å². The molecule has 0 bridgehead atoms. The Morgan fingerprint density at radius 2 is 1.86 bits per heavy atom. The van der Waals surface area contributed by atoms with E-state index >= 15 is 0 Å². The van der Waals surface area contributed by atoms with Gasteiger partial charge in [0.15, 0.2) is 5.92 Å². The number of nitrogens with zero attached hydrogens (tertiary/aromatic N) is 5. The molecule has 0 radical (unpaired) electrons. The highest BCUT2D eigenvalue weighted by Crippen LogP contribution is 2.20. The van der Waals surface area contributed by atoms with Crippen LogP contribution in [0.25, 0.3) is 0 Å². The maximum Gasteiger partial charge on any atom is 0.268 e. The molecule has 1 amide bonds. The summed E-state index contributed by atoms with van der Waals surface area (Å²) in [4.78, 5) is 20.2. The molecule has 0 aliphatic carbocycles. The van der Waals surface area contributed by atoms with Gasteiger partial charge in [-0.2, -0.15) is 15.5 Å². The summed E-state index contributed by atoms with van der Waals surface area (Å²) < 4.78 is 5.11. The van der Waals surface area contributed by atoms with Gasteiger partial charge in [0.1, 0.15) is 5.75 Å². The fourth-order valence-corrected chi connectivity index (χ4v) is 2.55. The molecule has 1 aliphatic heterocycles. The van der Waals surface area contributed by atoms with E-state index in [2.05, 4.69) is 20.2 Å². The van der Waals surface area contributed by atoms with E-state index in [0.29, 0.717) is 11.4 Å². The Kier molecular flexibility index (Phi) is 6.16. The van der Waals surface area contributed by atoms with Crippen molar-refractivity contribution >= 4 is 36.0 Å². The number of amides is 1. The molecular weight excluding hydrogens is 354 g/mol. The Morgan fingerprint density at radius 1 is 1.11 bits per heavy atom. The van der Waals surface area contributed by atoms with Gasteiger partial charge in [-0.15, -0.1) is 0 Å². The molecule has 2 atom stereocenters. The molecule has 3 rings (SSSR count). The topological polar surface area (TPSA) is 99.5 Å². The average Bonchev–Trinajstić information content (AvgIpc) is 2.74. The number of nitriles is 1. The van der Waals surface area contributed by atoms with Gasteiger partial charge in [0, 0.05) is 12.4 Å². The van der Waals surface area contributed by atoms with Crippen molar-refractivity contribution in [2.24, 2.45) is 32.0 Å². The largest absolute Gasteiger partial charge is 0.497 e. The minimum Gasteiger partial charge on any atom is -0.497 e. The van der Waals surface area contributed by atoms with E-state index in [1.165, 1.54) is 12.4 Å². The molecule has 2 aromatic carbocycles. The fraction of sp³-hybridized carbons (Fsp3) is 0.143. The molecular formula is C21H17N5O2. The van der Waals surface area contributed by atoms with Crippen LogP contribution in [0.15, 0.2) is 74.8 Å². The van der Waals surface area contributed by atoms with Crippen LogP contribution in [0.2, 0.25) is 0 Å². The van der Waals surface area contributed by atoms with Crippen molar-refractivity contribution in [3.8, 4) is 11.8 Å². The second kappa shape index (κ2) is 9.14.